The van der Waals surface area contributed by atoms with Crippen LogP contribution in [-0.2, 0) is 28.1 Å². The minimum Gasteiger partial charge on any atom is -0.301 e. The van der Waals surface area contributed by atoms with Gasteiger partial charge in [0.2, 0.25) is 9.84 Å². The number of rotatable bonds is 9. The van der Waals surface area contributed by atoms with E-state index in [9.17, 15) is 17.6 Å². The Morgan fingerprint density at radius 1 is 1.06 bits per heavy atom. The summed E-state index contributed by atoms with van der Waals surface area (Å²) >= 11 is 0. The van der Waals surface area contributed by atoms with Gasteiger partial charge in [-0.05, 0) is 61.7 Å². The van der Waals surface area contributed by atoms with Gasteiger partial charge in [-0.1, -0.05) is 27.7 Å². The quantitative estimate of drug-likeness (QED) is 0.576. The van der Waals surface area contributed by atoms with Crippen LogP contribution in [0.5, 0.6) is 0 Å². The molecule has 0 radical (unpaired) electrons. The molecule has 0 saturated carbocycles. The lowest BCUT2D eigenvalue weighted by Gasteiger charge is -2.19. The van der Waals surface area contributed by atoms with Gasteiger partial charge in [-0.15, -0.1) is 0 Å². The molecular weight excluding hydrogens is 417 g/mol. The maximum absolute atomic E-state index is 14.1. The number of nitrogens with zero attached hydrogens (tertiary/aromatic N) is 3. The topological polar surface area (TPSA) is 72.3 Å². The summed E-state index contributed by atoms with van der Waals surface area (Å²) in [5.41, 5.74) is 2.97. The molecule has 0 amide bonds. The van der Waals surface area contributed by atoms with Crippen molar-refractivity contribution in [1.29, 1.82) is 0 Å². The van der Waals surface area contributed by atoms with Gasteiger partial charge in [-0.3, -0.25) is 9.48 Å². The fourth-order valence-electron chi connectivity index (χ4n) is 3.71. The summed E-state index contributed by atoms with van der Waals surface area (Å²) in [4.78, 5) is 14.8. The molecular formula is C23H34FN3O3S. The van der Waals surface area contributed by atoms with Gasteiger partial charge in [0.15, 0.2) is 10.8 Å². The molecule has 1 unspecified atom stereocenters. The van der Waals surface area contributed by atoms with Crippen molar-refractivity contribution in [3.8, 4) is 0 Å². The van der Waals surface area contributed by atoms with E-state index in [-0.39, 0.29) is 35.1 Å². The smallest absolute Gasteiger partial charge is 0.204 e. The van der Waals surface area contributed by atoms with E-state index < -0.39 is 21.4 Å². The van der Waals surface area contributed by atoms with Gasteiger partial charge in [0.05, 0.1) is 5.69 Å². The molecule has 31 heavy (non-hydrogen) atoms. The Morgan fingerprint density at radius 2 is 1.58 bits per heavy atom. The van der Waals surface area contributed by atoms with E-state index in [1.807, 2.05) is 53.6 Å². The van der Waals surface area contributed by atoms with Crippen LogP contribution in [0.4, 0.5) is 4.39 Å². The minimum atomic E-state index is -3.89. The molecule has 8 heteroatoms. The number of hydrogen-bond acceptors (Lipinski definition) is 5. The van der Waals surface area contributed by atoms with E-state index in [2.05, 4.69) is 5.10 Å². The fraction of sp³-hybridized carbons (Fsp3) is 0.565. The van der Waals surface area contributed by atoms with Crippen molar-refractivity contribution in [2.24, 2.45) is 7.05 Å². The van der Waals surface area contributed by atoms with Crippen LogP contribution in [0.15, 0.2) is 23.2 Å². The van der Waals surface area contributed by atoms with Gasteiger partial charge in [0.25, 0.3) is 0 Å². The molecule has 0 aliphatic heterocycles. The highest BCUT2D eigenvalue weighted by Gasteiger charge is 2.27. The van der Waals surface area contributed by atoms with Crippen LogP contribution in [0, 0.1) is 5.82 Å². The molecule has 0 saturated heterocycles. The summed E-state index contributed by atoms with van der Waals surface area (Å²) in [5, 5.41) is 4.05. The Labute approximate surface area is 185 Å². The average Bonchev–Trinajstić information content (AvgIpc) is 3.03. The Kier molecular flexibility index (Phi) is 7.81. The molecule has 1 heterocycles. The molecule has 6 nitrogen and oxygen atoms in total. The number of ketones is 1. The number of carbonyl (C=O) groups is 1. The van der Waals surface area contributed by atoms with Gasteiger partial charge in [0, 0.05) is 25.6 Å². The lowest BCUT2D eigenvalue weighted by Crippen LogP contribution is -2.20. The number of aryl methyl sites for hydroxylation is 1. The summed E-state index contributed by atoms with van der Waals surface area (Å²) in [5.74, 6) is -1.38. The maximum atomic E-state index is 14.1. The Hall–Kier alpha value is -2.06. The number of Topliss-reactive ketones (excluding diaryl/α,β-unsaturated/α-hetero) is 1. The Bertz CT molecular complexity index is 1030. The van der Waals surface area contributed by atoms with E-state index in [1.165, 1.54) is 22.9 Å². The van der Waals surface area contributed by atoms with Gasteiger partial charge >= 0.3 is 0 Å². The second-order valence-corrected chi connectivity index (χ2v) is 11.0. The van der Waals surface area contributed by atoms with Crippen LogP contribution in [0.2, 0.25) is 0 Å². The third-order valence-corrected chi connectivity index (χ3v) is 7.21. The predicted molar refractivity (Wildman–Crippen MR) is 121 cm³/mol. The van der Waals surface area contributed by atoms with E-state index in [1.54, 1.807) is 7.05 Å². The average molecular weight is 452 g/mol. The molecule has 172 valence electrons. The minimum absolute atomic E-state index is 0.0125. The summed E-state index contributed by atoms with van der Waals surface area (Å²) < 4.78 is 41.5. The van der Waals surface area contributed by atoms with Gasteiger partial charge in [0.1, 0.15) is 11.6 Å². The number of halogens is 1. The van der Waals surface area contributed by atoms with Crippen molar-refractivity contribution >= 4 is 15.6 Å². The van der Waals surface area contributed by atoms with Crippen LogP contribution in [0.1, 0.15) is 74.9 Å². The molecule has 0 aliphatic rings. The third-order valence-electron chi connectivity index (χ3n) is 5.67. The summed E-state index contributed by atoms with van der Waals surface area (Å²) in [7, 11) is 1.60. The molecule has 0 N–H and O–H groups in total. The number of carbonyl (C=O) groups excluding carboxylic acids is 1. The normalized spacial score (nSPS) is 13.4. The summed E-state index contributed by atoms with van der Waals surface area (Å²) in [6.07, 6.45) is -0.0473. The first-order valence-electron chi connectivity index (χ1n) is 10.5. The molecule has 1 atom stereocenters. The first-order valence-corrected chi connectivity index (χ1v) is 12.2. The van der Waals surface area contributed by atoms with Crippen molar-refractivity contribution < 1.29 is 17.6 Å². The first kappa shape index (κ1) is 25.2. The van der Waals surface area contributed by atoms with Crippen molar-refractivity contribution in [2.75, 3.05) is 19.8 Å². The van der Waals surface area contributed by atoms with Crippen LogP contribution in [0.25, 0.3) is 0 Å². The zero-order valence-electron chi connectivity index (χ0n) is 19.7. The lowest BCUT2D eigenvalue weighted by molar-refractivity contribution is -0.116. The van der Waals surface area contributed by atoms with Crippen LogP contribution in [-0.4, -0.2) is 48.7 Å². The predicted octanol–water partition coefficient (Wildman–Crippen LogP) is 4.01. The first-order chi connectivity index (χ1) is 14.2. The highest BCUT2D eigenvalue weighted by molar-refractivity contribution is 7.92. The molecule has 0 spiro atoms. The van der Waals surface area contributed by atoms with E-state index in [0.717, 1.165) is 22.4 Å². The Balaban J connectivity index is 2.34. The highest BCUT2D eigenvalue weighted by atomic mass is 32.2. The van der Waals surface area contributed by atoms with E-state index in [0.29, 0.717) is 0 Å². The van der Waals surface area contributed by atoms with Crippen molar-refractivity contribution in [2.45, 2.75) is 63.9 Å². The van der Waals surface area contributed by atoms with Crippen LogP contribution < -0.4 is 0 Å². The number of benzene rings is 1. The van der Waals surface area contributed by atoms with Crippen LogP contribution >= 0.6 is 0 Å². The van der Waals surface area contributed by atoms with Crippen LogP contribution in [0.3, 0.4) is 0 Å². The zero-order valence-corrected chi connectivity index (χ0v) is 20.5. The summed E-state index contributed by atoms with van der Waals surface area (Å²) in [6.45, 7) is 9.69. The van der Waals surface area contributed by atoms with E-state index in [4.69, 9.17) is 0 Å². The van der Waals surface area contributed by atoms with Gasteiger partial charge in [-0.25, -0.2) is 12.8 Å². The van der Waals surface area contributed by atoms with Crippen molar-refractivity contribution in [3.05, 3.63) is 46.4 Å². The van der Waals surface area contributed by atoms with Crippen molar-refractivity contribution in [1.82, 2.24) is 14.7 Å². The standard InChI is InChI=1S/C23H34FN3O3S/c1-14(2)19-9-17(24)10-20(15(3)4)21(19)11-18(28)13-31(29,30)23-12-22(27(8)25-23)16(5)26(6)7/h9-10,12,14-16H,11,13H2,1-8H3. The third kappa shape index (κ3) is 5.80. The molecule has 0 aliphatic carbocycles. The van der Waals surface area contributed by atoms with E-state index >= 15 is 0 Å². The fourth-order valence-corrected chi connectivity index (χ4v) is 4.93. The Morgan fingerprint density at radius 3 is 2.03 bits per heavy atom. The second kappa shape index (κ2) is 9.61. The maximum Gasteiger partial charge on any atom is 0.204 e. The zero-order chi connectivity index (χ0) is 23.7. The number of hydrogen-bond donors (Lipinski definition) is 0. The van der Waals surface area contributed by atoms with Gasteiger partial charge in [-0.2, -0.15) is 5.10 Å². The monoisotopic (exact) mass is 451 g/mol. The molecule has 0 fully saturated rings. The highest BCUT2D eigenvalue weighted by Crippen LogP contribution is 2.30. The largest absolute Gasteiger partial charge is 0.301 e. The second-order valence-electron chi connectivity index (χ2n) is 9.02. The number of sulfone groups is 1. The molecule has 1 aromatic heterocycles. The molecule has 0 bridgehead atoms. The lowest BCUT2D eigenvalue weighted by atomic mass is 9.86. The molecule has 2 rings (SSSR count). The summed E-state index contributed by atoms with van der Waals surface area (Å²) in [6, 6.07) is 4.39. The van der Waals surface area contributed by atoms with Gasteiger partial charge < -0.3 is 4.90 Å². The SMILES string of the molecule is CC(C)c1cc(F)cc(C(C)C)c1CC(=O)CS(=O)(=O)c1cc(C(C)N(C)C)n(C)n1. The molecule has 1 aromatic carbocycles. The molecule has 2 aromatic rings. The number of aromatic nitrogens is 2. The van der Waals surface area contributed by atoms with Crippen molar-refractivity contribution in [3.63, 3.8) is 0 Å².